The molecule has 0 atom stereocenters. The van der Waals surface area contributed by atoms with Gasteiger partial charge in [0.15, 0.2) is 5.17 Å². The molecule has 1 saturated heterocycles. The van der Waals surface area contributed by atoms with E-state index < -0.39 is 0 Å². The zero-order chi connectivity index (χ0) is 19.3. The van der Waals surface area contributed by atoms with E-state index in [0.29, 0.717) is 15.8 Å². The number of anilines is 1. The maximum absolute atomic E-state index is 13.1. The standard InChI is InChI=1S/C22H14N4OS/c23-14-18-12-11-16(15-24-18)13-20-21(27)26(19-9-5-2-6-10-19)22(28-20)25-17-7-3-1-4-8-17/h1-13,15H. The summed E-state index contributed by atoms with van der Waals surface area (Å²) >= 11 is 1.32. The first kappa shape index (κ1) is 17.7. The van der Waals surface area contributed by atoms with Crippen LogP contribution >= 0.6 is 11.8 Å². The second-order valence-corrected chi connectivity index (χ2v) is 6.91. The highest BCUT2D eigenvalue weighted by Gasteiger charge is 2.34. The van der Waals surface area contributed by atoms with Crippen molar-refractivity contribution in [3.05, 3.63) is 95.2 Å². The number of amidine groups is 1. The first-order valence-electron chi connectivity index (χ1n) is 8.53. The minimum atomic E-state index is -0.143. The lowest BCUT2D eigenvalue weighted by atomic mass is 10.2. The smallest absolute Gasteiger partial charge is 0.268 e. The average molecular weight is 382 g/mol. The Kier molecular flexibility index (Phi) is 5.00. The largest absolute Gasteiger partial charge is 0.271 e. The molecule has 0 saturated carbocycles. The number of nitrogens with zero attached hydrogens (tertiary/aromatic N) is 4. The summed E-state index contributed by atoms with van der Waals surface area (Å²) in [7, 11) is 0. The molecule has 134 valence electrons. The van der Waals surface area contributed by atoms with Crippen LogP contribution in [0.4, 0.5) is 11.4 Å². The number of rotatable bonds is 3. The fourth-order valence-corrected chi connectivity index (χ4v) is 3.68. The molecule has 0 aliphatic carbocycles. The summed E-state index contributed by atoms with van der Waals surface area (Å²) in [5.41, 5.74) is 2.63. The maximum Gasteiger partial charge on any atom is 0.271 e. The third kappa shape index (κ3) is 3.70. The summed E-state index contributed by atoms with van der Waals surface area (Å²) < 4.78 is 0. The van der Waals surface area contributed by atoms with Crippen LogP contribution < -0.4 is 4.90 Å². The van der Waals surface area contributed by atoms with Gasteiger partial charge in [-0.2, -0.15) is 5.26 Å². The maximum atomic E-state index is 13.1. The normalized spacial score (nSPS) is 16.5. The molecule has 1 aliphatic heterocycles. The molecule has 0 bridgehead atoms. The quantitative estimate of drug-likeness (QED) is 0.612. The zero-order valence-electron chi connectivity index (χ0n) is 14.7. The van der Waals surface area contributed by atoms with Crippen LogP contribution in [0.2, 0.25) is 0 Å². The van der Waals surface area contributed by atoms with Crippen LogP contribution in [0, 0.1) is 11.3 Å². The van der Waals surface area contributed by atoms with E-state index in [0.717, 1.165) is 16.9 Å². The Bertz CT molecular complexity index is 1100. The van der Waals surface area contributed by atoms with Gasteiger partial charge < -0.3 is 0 Å². The molecule has 0 spiro atoms. The van der Waals surface area contributed by atoms with Crippen LogP contribution in [0.5, 0.6) is 0 Å². The molecule has 2 heterocycles. The highest BCUT2D eigenvalue weighted by molar-refractivity contribution is 8.19. The molecular formula is C22H14N4OS. The van der Waals surface area contributed by atoms with Crippen LogP contribution in [0.1, 0.15) is 11.3 Å². The van der Waals surface area contributed by atoms with Gasteiger partial charge in [0.05, 0.1) is 16.3 Å². The fourth-order valence-electron chi connectivity index (χ4n) is 2.67. The van der Waals surface area contributed by atoms with Gasteiger partial charge in [-0.1, -0.05) is 42.5 Å². The van der Waals surface area contributed by atoms with Crippen molar-refractivity contribution >= 4 is 40.3 Å². The second-order valence-electron chi connectivity index (χ2n) is 5.91. The summed E-state index contributed by atoms with van der Waals surface area (Å²) in [6.07, 6.45) is 3.35. The van der Waals surface area contributed by atoms with Crippen molar-refractivity contribution in [3.8, 4) is 6.07 Å². The number of nitriles is 1. The van der Waals surface area contributed by atoms with Crippen LogP contribution in [0.15, 0.2) is 88.9 Å². The lowest BCUT2D eigenvalue weighted by Crippen LogP contribution is -2.28. The predicted molar refractivity (Wildman–Crippen MR) is 112 cm³/mol. The molecule has 2 aromatic carbocycles. The first-order chi connectivity index (χ1) is 13.7. The van der Waals surface area contributed by atoms with Gasteiger partial charge >= 0.3 is 0 Å². The molecule has 4 rings (SSSR count). The molecule has 1 amide bonds. The number of benzene rings is 2. The van der Waals surface area contributed by atoms with Crippen molar-refractivity contribution in [1.82, 2.24) is 4.98 Å². The van der Waals surface area contributed by atoms with Gasteiger partial charge in [0.1, 0.15) is 11.8 Å². The van der Waals surface area contributed by atoms with E-state index in [-0.39, 0.29) is 5.91 Å². The van der Waals surface area contributed by atoms with Gasteiger partial charge in [-0.25, -0.2) is 9.98 Å². The van der Waals surface area contributed by atoms with E-state index in [1.807, 2.05) is 66.7 Å². The molecule has 0 N–H and O–H groups in total. The Morgan fingerprint density at radius 1 is 1.00 bits per heavy atom. The minimum Gasteiger partial charge on any atom is -0.268 e. The first-order valence-corrected chi connectivity index (χ1v) is 9.35. The van der Waals surface area contributed by atoms with E-state index in [2.05, 4.69) is 9.98 Å². The Morgan fingerprint density at radius 2 is 1.71 bits per heavy atom. The number of thioether (sulfide) groups is 1. The molecule has 1 aliphatic rings. The molecule has 1 aromatic heterocycles. The van der Waals surface area contributed by atoms with Crippen LogP contribution in [0.3, 0.4) is 0 Å². The zero-order valence-corrected chi connectivity index (χ0v) is 15.5. The third-order valence-corrected chi connectivity index (χ3v) is 4.97. The van der Waals surface area contributed by atoms with E-state index in [4.69, 9.17) is 5.26 Å². The number of carbonyl (C=O) groups excluding carboxylic acids is 1. The highest BCUT2D eigenvalue weighted by atomic mass is 32.2. The van der Waals surface area contributed by atoms with Gasteiger partial charge in [-0.15, -0.1) is 0 Å². The van der Waals surface area contributed by atoms with Gasteiger partial charge in [0, 0.05) is 6.20 Å². The monoisotopic (exact) mass is 382 g/mol. The van der Waals surface area contributed by atoms with E-state index in [1.165, 1.54) is 11.8 Å². The van der Waals surface area contributed by atoms with Crippen molar-refractivity contribution < 1.29 is 4.79 Å². The molecule has 6 heteroatoms. The number of hydrogen-bond donors (Lipinski definition) is 0. The summed E-state index contributed by atoms with van der Waals surface area (Å²) in [4.78, 5) is 24.0. The Hall–Kier alpha value is -3.69. The van der Waals surface area contributed by atoms with Gasteiger partial charge in [-0.3, -0.25) is 9.69 Å². The molecular weight excluding hydrogens is 368 g/mol. The lowest BCUT2D eigenvalue weighted by Gasteiger charge is -2.15. The van der Waals surface area contributed by atoms with Gasteiger partial charge in [0.25, 0.3) is 5.91 Å². The Morgan fingerprint density at radius 3 is 2.36 bits per heavy atom. The Balaban J connectivity index is 1.74. The fraction of sp³-hybridized carbons (Fsp3) is 0. The SMILES string of the molecule is N#Cc1ccc(C=C2SC(=Nc3ccccc3)N(c3ccccc3)C2=O)cn1. The predicted octanol–water partition coefficient (Wildman–Crippen LogP) is 4.76. The molecule has 0 unspecified atom stereocenters. The van der Waals surface area contributed by atoms with Crippen LogP contribution in [-0.2, 0) is 4.79 Å². The molecule has 1 fully saturated rings. The van der Waals surface area contributed by atoms with Crippen LogP contribution in [0.25, 0.3) is 6.08 Å². The molecule has 3 aromatic rings. The molecule has 5 nitrogen and oxygen atoms in total. The van der Waals surface area contributed by atoms with Gasteiger partial charge in [-0.05, 0) is 53.7 Å². The molecule has 0 radical (unpaired) electrons. The summed E-state index contributed by atoms with van der Waals surface area (Å²) in [5, 5.41) is 9.47. The third-order valence-electron chi connectivity index (χ3n) is 4.00. The van der Waals surface area contributed by atoms with Crippen molar-refractivity contribution in [1.29, 1.82) is 5.26 Å². The van der Waals surface area contributed by atoms with Crippen LogP contribution in [-0.4, -0.2) is 16.1 Å². The van der Waals surface area contributed by atoms with Crippen molar-refractivity contribution in [2.24, 2.45) is 4.99 Å². The number of aromatic nitrogens is 1. The van der Waals surface area contributed by atoms with E-state index in [9.17, 15) is 4.79 Å². The topological polar surface area (TPSA) is 69.3 Å². The highest BCUT2D eigenvalue weighted by Crippen LogP contribution is 2.37. The summed E-state index contributed by atoms with van der Waals surface area (Å²) in [5.74, 6) is -0.143. The second kappa shape index (κ2) is 7.91. The number of hydrogen-bond acceptors (Lipinski definition) is 5. The molecule has 28 heavy (non-hydrogen) atoms. The van der Waals surface area contributed by atoms with Crippen molar-refractivity contribution in [2.45, 2.75) is 0 Å². The number of aliphatic imine (C=N–C) groups is 1. The van der Waals surface area contributed by atoms with E-state index >= 15 is 0 Å². The number of amides is 1. The van der Waals surface area contributed by atoms with Crippen molar-refractivity contribution in [3.63, 3.8) is 0 Å². The van der Waals surface area contributed by atoms with Crippen molar-refractivity contribution in [2.75, 3.05) is 4.90 Å². The number of pyridine rings is 1. The Labute approximate surface area is 166 Å². The lowest BCUT2D eigenvalue weighted by molar-refractivity contribution is -0.113. The minimum absolute atomic E-state index is 0.143. The van der Waals surface area contributed by atoms with E-state index in [1.54, 1.807) is 29.3 Å². The summed E-state index contributed by atoms with van der Waals surface area (Å²) in [6, 6.07) is 24.4. The number of para-hydroxylation sites is 2. The van der Waals surface area contributed by atoms with Gasteiger partial charge in [0.2, 0.25) is 0 Å². The summed E-state index contributed by atoms with van der Waals surface area (Å²) in [6.45, 7) is 0. The average Bonchev–Trinajstić information content (AvgIpc) is 3.04. The number of carbonyl (C=O) groups is 1.